The summed E-state index contributed by atoms with van der Waals surface area (Å²) in [4.78, 5) is 51.7. The Hall–Kier alpha value is -8.82. The molecule has 0 spiro atoms. The number of aryl methyl sites for hydroxylation is 2. The second-order valence-electron chi connectivity index (χ2n) is 20.0. The Labute approximate surface area is 473 Å². The number of aliphatic hydroxyl groups excluding tert-OH is 2. The number of hydrogen-bond acceptors (Lipinski definition) is 16. The van der Waals surface area contributed by atoms with Crippen molar-refractivity contribution in [3.63, 3.8) is 0 Å². The van der Waals surface area contributed by atoms with E-state index in [0.29, 0.717) is 72.3 Å². The molecule has 81 heavy (non-hydrogen) atoms. The van der Waals surface area contributed by atoms with Gasteiger partial charge in [0.2, 0.25) is 23.7 Å². The average Bonchev–Trinajstić information content (AvgIpc) is 4.44. The van der Waals surface area contributed by atoms with E-state index in [-0.39, 0.29) is 31.4 Å². The van der Waals surface area contributed by atoms with Crippen molar-refractivity contribution < 1.29 is 29.3 Å². The summed E-state index contributed by atoms with van der Waals surface area (Å²) in [6.07, 6.45) is 11.1. The Morgan fingerprint density at radius 3 is 1.42 bits per heavy atom. The van der Waals surface area contributed by atoms with Gasteiger partial charge in [-0.2, -0.15) is 0 Å². The summed E-state index contributed by atoms with van der Waals surface area (Å²) in [5, 5.41) is 34.3. The number of carbonyl (C=O) groups is 2. The van der Waals surface area contributed by atoms with E-state index in [9.17, 15) is 19.8 Å². The molecule has 2 atom stereocenters. The van der Waals surface area contributed by atoms with Crippen LogP contribution in [0, 0.1) is 0 Å². The summed E-state index contributed by atoms with van der Waals surface area (Å²) in [6, 6.07) is 27.6. The Morgan fingerprint density at radius 2 is 1.05 bits per heavy atom. The number of ether oxygens (including phenoxy) is 2. The summed E-state index contributed by atoms with van der Waals surface area (Å²) in [6.45, 7) is 13.3. The van der Waals surface area contributed by atoms with Crippen LogP contribution in [0.25, 0.3) is 44.3 Å². The van der Waals surface area contributed by atoms with Gasteiger partial charge in [0.15, 0.2) is 0 Å². The van der Waals surface area contributed by atoms with Gasteiger partial charge in [0.1, 0.15) is 11.5 Å². The van der Waals surface area contributed by atoms with Crippen LogP contribution in [-0.4, -0.2) is 154 Å². The standard InChI is InChI=1S/2C30H35N7O3.CH4/c2*1-5-29(39)32-24-16-25(28(40-4)17-27(24)35(2)14-15-37-13-11-20(38)18-37)34-30-31-12-10-23(33-30)22-19-36(3)26-9-7-6-8-21(22)26;/h2*5-10,12,16-17,19-20,38H,1,11,13-15,18H2,2-4H3,(H,32,39)(H,31,33,34);1H4. The van der Waals surface area contributed by atoms with Crippen LogP contribution in [0.5, 0.6) is 11.5 Å². The molecule has 6 heterocycles. The van der Waals surface area contributed by atoms with E-state index in [2.05, 4.69) is 110 Å². The summed E-state index contributed by atoms with van der Waals surface area (Å²) in [7, 11) is 11.2. The SMILES string of the molecule is C.C=CC(=O)Nc1cc(Nc2nccc(-c3cn(C)c4ccccc34)n2)c(OC)cc1N(C)CCN1CCC(O)C1.C=CC(=O)Nc1cc(Nc2nccc(-c3cn(C)c4ccccc34)n2)c(OC)cc1N(C)CCN1CCC(O)C1. The molecule has 0 aliphatic carbocycles. The second kappa shape index (κ2) is 26.4. The number of fused-ring (bicyclic) bond motifs is 2. The van der Waals surface area contributed by atoms with Crippen LogP contribution in [0.4, 0.5) is 46.0 Å². The predicted molar refractivity (Wildman–Crippen MR) is 325 cm³/mol. The molecule has 2 aliphatic rings. The highest BCUT2D eigenvalue weighted by molar-refractivity contribution is 6.03. The zero-order valence-electron chi connectivity index (χ0n) is 46.2. The zero-order chi connectivity index (χ0) is 56.5. The van der Waals surface area contributed by atoms with Crippen LogP contribution in [0.2, 0.25) is 0 Å². The maximum atomic E-state index is 12.3. The molecule has 2 fully saturated rings. The molecule has 0 bridgehead atoms. The molecule has 4 aromatic heterocycles. The molecule has 0 radical (unpaired) electrons. The number of nitrogens with zero attached hydrogens (tertiary/aromatic N) is 10. The van der Waals surface area contributed by atoms with Gasteiger partial charge in [-0.1, -0.05) is 57.0 Å². The highest BCUT2D eigenvalue weighted by Crippen LogP contribution is 2.40. The largest absolute Gasteiger partial charge is 0.494 e. The van der Waals surface area contributed by atoms with Crippen LogP contribution in [0.15, 0.2) is 135 Å². The van der Waals surface area contributed by atoms with Crippen LogP contribution in [0.3, 0.4) is 0 Å². The number of aliphatic hydroxyl groups is 2. The first kappa shape index (κ1) is 58.3. The Balaban J connectivity index is 0.000000210. The lowest BCUT2D eigenvalue weighted by Crippen LogP contribution is -2.32. The van der Waals surface area contributed by atoms with E-state index in [1.54, 1.807) is 26.6 Å². The number of amides is 2. The lowest BCUT2D eigenvalue weighted by Gasteiger charge is -2.26. The summed E-state index contributed by atoms with van der Waals surface area (Å²) in [5.41, 5.74) is 9.84. The molecule has 0 saturated carbocycles. The maximum Gasteiger partial charge on any atom is 0.247 e. The molecule has 2 unspecified atom stereocenters. The molecule has 10 rings (SSSR count). The van der Waals surface area contributed by atoms with E-state index in [1.165, 1.54) is 12.2 Å². The molecule has 20 nitrogen and oxygen atoms in total. The number of likely N-dealkylation sites (N-methyl/N-ethyl adjacent to an activating group) is 2. The molecule has 424 valence electrons. The van der Waals surface area contributed by atoms with Gasteiger partial charge in [-0.05, 0) is 61.4 Å². The van der Waals surface area contributed by atoms with Gasteiger partial charge in [0.25, 0.3) is 0 Å². The fourth-order valence-electron chi connectivity index (χ4n) is 10.2. The number of hydrogen-bond donors (Lipinski definition) is 6. The summed E-state index contributed by atoms with van der Waals surface area (Å²) < 4.78 is 15.6. The van der Waals surface area contributed by atoms with Crippen molar-refractivity contribution in [1.29, 1.82) is 0 Å². The molecule has 20 heteroatoms. The molecule has 2 aliphatic heterocycles. The molecule has 6 N–H and O–H groups in total. The number of rotatable bonds is 20. The molecular weight excluding hydrogens is 1020 g/mol. The minimum Gasteiger partial charge on any atom is -0.494 e. The molecule has 2 amide bonds. The minimum absolute atomic E-state index is 0. The minimum atomic E-state index is -0.317. The lowest BCUT2D eigenvalue weighted by atomic mass is 10.1. The first-order valence-electron chi connectivity index (χ1n) is 26.5. The van der Waals surface area contributed by atoms with Crippen molar-refractivity contribution in [1.82, 2.24) is 38.9 Å². The number of nitrogens with one attached hydrogen (secondary N) is 4. The monoisotopic (exact) mass is 1100 g/mol. The van der Waals surface area contributed by atoms with Gasteiger partial charge in [0, 0.05) is 150 Å². The van der Waals surface area contributed by atoms with Gasteiger partial charge >= 0.3 is 0 Å². The number of likely N-dealkylation sites (tertiary alicyclic amines) is 2. The van der Waals surface area contributed by atoms with E-state index < -0.39 is 0 Å². The quantitative estimate of drug-likeness (QED) is 0.0394. The van der Waals surface area contributed by atoms with E-state index in [4.69, 9.17) is 19.4 Å². The van der Waals surface area contributed by atoms with Crippen LogP contribution in [0.1, 0.15) is 20.3 Å². The van der Waals surface area contributed by atoms with Gasteiger partial charge < -0.3 is 59.9 Å². The van der Waals surface area contributed by atoms with Gasteiger partial charge in [-0.25, -0.2) is 19.9 Å². The van der Waals surface area contributed by atoms with Crippen molar-refractivity contribution in [3.05, 3.63) is 135 Å². The number of β-amino-alcohol motifs (C(OH)–C–C–N with tert-alkyl or cyclic N) is 2. The zero-order valence-corrected chi connectivity index (χ0v) is 46.2. The summed E-state index contributed by atoms with van der Waals surface area (Å²) in [5.74, 6) is 1.32. The normalized spacial score (nSPS) is 15.1. The van der Waals surface area contributed by atoms with Crippen LogP contribution < -0.4 is 40.5 Å². The third-order valence-corrected chi connectivity index (χ3v) is 14.5. The van der Waals surface area contributed by atoms with E-state index in [1.807, 2.05) is 88.9 Å². The highest BCUT2D eigenvalue weighted by Gasteiger charge is 2.24. The predicted octanol–water partition coefficient (Wildman–Crippen LogP) is 8.67. The van der Waals surface area contributed by atoms with Gasteiger partial charge in [-0.3, -0.25) is 19.4 Å². The van der Waals surface area contributed by atoms with Gasteiger partial charge in [0.05, 0.1) is 71.9 Å². The number of carbonyl (C=O) groups excluding carboxylic acids is 2. The van der Waals surface area contributed by atoms with Crippen molar-refractivity contribution in [2.24, 2.45) is 14.1 Å². The third-order valence-electron chi connectivity index (χ3n) is 14.5. The smallest absolute Gasteiger partial charge is 0.247 e. The summed E-state index contributed by atoms with van der Waals surface area (Å²) >= 11 is 0. The molecular formula is C61H74N14O6. The van der Waals surface area contributed by atoms with Crippen LogP contribution >= 0.6 is 0 Å². The fourth-order valence-corrected chi connectivity index (χ4v) is 10.2. The van der Waals surface area contributed by atoms with Crippen molar-refractivity contribution in [3.8, 4) is 34.0 Å². The van der Waals surface area contributed by atoms with Crippen molar-refractivity contribution >= 4 is 79.6 Å². The van der Waals surface area contributed by atoms with Crippen molar-refractivity contribution in [2.45, 2.75) is 32.5 Å². The lowest BCUT2D eigenvalue weighted by molar-refractivity contribution is -0.112. The molecule has 8 aromatic rings. The maximum absolute atomic E-state index is 12.3. The third kappa shape index (κ3) is 13.8. The Morgan fingerprint density at radius 1 is 0.642 bits per heavy atom. The highest BCUT2D eigenvalue weighted by atomic mass is 16.5. The van der Waals surface area contributed by atoms with Crippen molar-refractivity contribution in [2.75, 3.05) is 112 Å². The number of para-hydroxylation sites is 2. The fraction of sp³-hybridized carbons (Fsp3) is 0.311. The Kier molecular flexibility index (Phi) is 19.0. The average molecular weight is 1100 g/mol. The number of methoxy groups -OCH3 is 2. The van der Waals surface area contributed by atoms with E-state index >= 15 is 0 Å². The Bertz CT molecular complexity index is 3300. The second-order valence-corrected chi connectivity index (χ2v) is 20.0. The molecule has 4 aromatic carbocycles. The van der Waals surface area contributed by atoms with Gasteiger partial charge in [-0.15, -0.1) is 0 Å². The molecule has 2 saturated heterocycles. The number of aromatic nitrogens is 6. The van der Waals surface area contributed by atoms with E-state index in [0.717, 1.165) is 94.7 Å². The topological polar surface area (TPSA) is 216 Å². The van der Waals surface area contributed by atoms with Crippen LogP contribution in [-0.2, 0) is 23.7 Å². The number of anilines is 8. The number of benzene rings is 4. The first-order chi connectivity index (χ1) is 38.7. The first-order valence-corrected chi connectivity index (χ1v) is 26.5.